The smallest absolute Gasteiger partial charge is 0.227 e. The fourth-order valence-electron chi connectivity index (χ4n) is 2.91. The lowest BCUT2D eigenvalue weighted by molar-refractivity contribution is -0.137. The third kappa shape index (κ3) is 4.29. The molecule has 2 N–H and O–H groups in total. The van der Waals surface area contributed by atoms with Gasteiger partial charge in [-0.05, 0) is 31.9 Å². The second kappa shape index (κ2) is 7.57. The van der Waals surface area contributed by atoms with Crippen molar-refractivity contribution in [3.05, 3.63) is 35.9 Å². The predicted octanol–water partition coefficient (Wildman–Crippen LogP) is 1.70. The maximum Gasteiger partial charge on any atom is 0.227 e. The van der Waals surface area contributed by atoms with Gasteiger partial charge in [-0.3, -0.25) is 9.69 Å². The number of hydrogen-bond donors (Lipinski definition) is 1. The molecule has 1 aromatic rings. The quantitative estimate of drug-likeness (QED) is 0.897. The van der Waals surface area contributed by atoms with Gasteiger partial charge in [-0.2, -0.15) is 0 Å². The summed E-state index contributed by atoms with van der Waals surface area (Å²) >= 11 is 0. The molecular formula is C17H27N3O. The van der Waals surface area contributed by atoms with Gasteiger partial charge in [0.15, 0.2) is 0 Å². The number of nitrogens with zero attached hydrogens (tertiary/aromatic N) is 2. The van der Waals surface area contributed by atoms with E-state index in [4.69, 9.17) is 5.73 Å². The summed E-state index contributed by atoms with van der Waals surface area (Å²) in [5, 5.41) is 0. The monoisotopic (exact) mass is 289 g/mol. The van der Waals surface area contributed by atoms with Crippen molar-refractivity contribution in [1.82, 2.24) is 9.80 Å². The van der Waals surface area contributed by atoms with E-state index in [0.29, 0.717) is 6.54 Å². The third-order valence-corrected chi connectivity index (χ3v) is 4.45. The maximum absolute atomic E-state index is 12.5. The lowest BCUT2D eigenvalue weighted by Crippen LogP contribution is -2.47. The van der Waals surface area contributed by atoms with Gasteiger partial charge in [0.05, 0.1) is 5.92 Å². The molecular weight excluding hydrogens is 262 g/mol. The number of carbonyl (C=O) groups excluding carboxylic acids is 1. The molecule has 0 aromatic heterocycles. The molecule has 4 heteroatoms. The standard InChI is InChI=1S/C17H27N3O/c1-14(11-18)19(2)17(21)16-9-6-10-20(13-16)12-15-7-4-3-5-8-15/h3-5,7-8,14,16H,6,9-13,18H2,1-2H3. The van der Waals surface area contributed by atoms with Crippen molar-refractivity contribution in [3.8, 4) is 0 Å². The summed E-state index contributed by atoms with van der Waals surface area (Å²) in [6, 6.07) is 10.6. The van der Waals surface area contributed by atoms with E-state index in [1.54, 1.807) is 0 Å². The fraction of sp³-hybridized carbons (Fsp3) is 0.588. The summed E-state index contributed by atoms with van der Waals surface area (Å²) in [6.07, 6.45) is 2.08. The molecule has 0 spiro atoms. The van der Waals surface area contributed by atoms with Crippen LogP contribution in [-0.2, 0) is 11.3 Å². The zero-order valence-electron chi connectivity index (χ0n) is 13.2. The van der Waals surface area contributed by atoms with Crippen LogP contribution in [0.15, 0.2) is 30.3 Å². The number of likely N-dealkylation sites (tertiary alicyclic amines) is 1. The zero-order valence-corrected chi connectivity index (χ0v) is 13.2. The summed E-state index contributed by atoms with van der Waals surface area (Å²) in [5.74, 6) is 0.354. The normalized spacial score (nSPS) is 21.0. The number of piperidine rings is 1. The summed E-state index contributed by atoms with van der Waals surface area (Å²) < 4.78 is 0. The van der Waals surface area contributed by atoms with Gasteiger partial charge in [0, 0.05) is 32.7 Å². The highest BCUT2D eigenvalue weighted by Gasteiger charge is 2.29. The van der Waals surface area contributed by atoms with Crippen molar-refractivity contribution < 1.29 is 4.79 Å². The second-order valence-electron chi connectivity index (χ2n) is 6.09. The Morgan fingerprint density at radius 2 is 2.14 bits per heavy atom. The molecule has 1 aromatic carbocycles. The topological polar surface area (TPSA) is 49.6 Å². The molecule has 1 amide bonds. The van der Waals surface area contributed by atoms with Crippen LogP contribution in [0, 0.1) is 5.92 Å². The first-order chi connectivity index (χ1) is 10.1. The van der Waals surface area contributed by atoms with E-state index in [1.807, 2.05) is 24.9 Å². The molecule has 1 heterocycles. The van der Waals surface area contributed by atoms with Crippen molar-refractivity contribution >= 4 is 5.91 Å². The molecule has 2 rings (SSSR count). The number of nitrogens with two attached hydrogens (primary N) is 1. The summed E-state index contributed by atoms with van der Waals surface area (Å²) in [4.78, 5) is 16.7. The van der Waals surface area contributed by atoms with Crippen LogP contribution < -0.4 is 5.73 Å². The van der Waals surface area contributed by atoms with Crippen molar-refractivity contribution in [2.45, 2.75) is 32.4 Å². The van der Waals surface area contributed by atoms with Crippen LogP contribution in [0.5, 0.6) is 0 Å². The highest BCUT2D eigenvalue weighted by atomic mass is 16.2. The van der Waals surface area contributed by atoms with Crippen LogP contribution in [0.1, 0.15) is 25.3 Å². The molecule has 2 unspecified atom stereocenters. The lowest BCUT2D eigenvalue weighted by Gasteiger charge is -2.35. The number of carbonyl (C=O) groups is 1. The zero-order chi connectivity index (χ0) is 15.2. The Bertz CT molecular complexity index is 449. The van der Waals surface area contributed by atoms with Gasteiger partial charge in [-0.15, -0.1) is 0 Å². The van der Waals surface area contributed by atoms with Crippen LogP contribution in [0.4, 0.5) is 0 Å². The van der Waals surface area contributed by atoms with Crippen molar-refractivity contribution in [2.24, 2.45) is 11.7 Å². The van der Waals surface area contributed by atoms with Crippen LogP contribution >= 0.6 is 0 Å². The lowest BCUT2D eigenvalue weighted by atomic mass is 9.95. The van der Waals surface area contributed by atoms with Gasteiger partial charge in [-0.25, -0.2) is 0 Å². The SMILES string of the molecule is CC(CN)N(C)C(=O)C1CCCN(Cc2ccccc2)C1. The van der Waals surface area contributed by atoms with Gasteiger partial charge >= 0.3 is 0 Å². The minimum absolute atomic E-state index is 0.112. The number of rotatable bonds is 5. The molecule has 1 saturated heterocycles. The highest BCUT2D eigenvalue weighted by Crippen LogP contribution is 2.21. The Balaban J connectivity index is 1.93. The summed E-state index contributed by atoms with van der Waals surface area (Å²) in [5.41, 5.74) is 6.98. The molecule has 1 aliphatic rings. The van der Waals surface area contributed by atoms with Gasteiger partial charge in [0.2, 0.25) is 5.91 Å². The van der Waals surface area contributed by atoms with Gasteiger partial charge in [-0.1, -0.05) is 30.3 Å². The van der Waals surface area contributed by atoms with E-state index in [9.17, 15) is 4.79 Å². The Kier molecular flexibility index (Phi) is 5.76. The second-order valence-corrected chi connectivity index (χ2v) is 6.09. The number of benzene rings is 1. The third-order valence-electron chi connectivity index (χ3n) is 4.45. The summed E-state index contributed by atoms with van der Waals surface area (Å²) in [6.45, 7) is 5.39. The Hall–Kier alpha value is -1.39. The first-order valence-electron chi connectivity index (χ1n) is 7.85. The number of hydrogen-bond acceptors (Lipinski definition) is 3. The van der Waals surface area contributed by atoms with Crippen LogP contribution in [-0.4, -0.2) is 48.4 Å². The molecule has 0 bridgehead atoms. The Morgan fingerprint density at radius 3 is 2.81 bits per heavy atom. The van der Waals surface area contributed by atoms with Crippen molar-refractivity contribution in [1.29, 1.82) is 0 Å². The van der Waals surface area contributed by atoms with Gasteiger partial charge in [0.25, 0.3) is 0 Å². The fourth-order valence-corrected chi connectivity index (χ4v) is 2.91. The Labute approximate surface area is 127 Å². The molecule has 21 heavy (non-hydrogen) atoms. The molecule has 116 valence electrons. The first kappa shape index (κ1) is 16.0. The van der Waals surface area contributed by atoms with E-state index in [0.717, 1.165) is 32.5 Å². The van der Waals surface area contributed by atoms with Gasteiger partial charge < -0.3 is 10.6 Å². The minimum Gasteiger partial charge on any atom is -0.342 e. The molecule has 0 saturated carbocycles. The van der Waals surface area contributed by atoms with Crippen LogP contribution in [0.25, 0.3) is 0 Å². The average Bonchev–Trinajstić information content (AvgIpc) is 2.54. The average molecular weight is 289 g/mol. The molecule has 4 nitrogen and oxygen atoms in total. The van der Waals surface area contributed by atoms with E-state index in [2.05, 4.69) is 29.2 Å². The van der Waals surface area contributed by atoms with E-state index >= 15 is 0 Å². The minimum atomic E-state index is 0.112. The molecule has 2 atom stereocenters. The van der Waals surface area contributed by atoms with Crippen LogP contribution in [0.3, 0.4) is 0 Å². The summed E-state index contributed by atoms with van der Waals surface area (Å²) in [7, 11) is 1.87. The molecule has 1 fully saturated rings. The molecule has 1 aliphatic heterocycles. The highest BCUT2D eigenvalue weighted by molar-refractivity contribution is 5.79. The van der Waals surface area contributed by atoms with E-state index in [-0.39, 0.29) is 17.9 Å². The number of likely N-dealkylation sites (N-methyl/N-ethyl adjacent to an activating group) is 1. The Morgan fingerprint density at radius 1 is 1.43 bits per heavy atom. The maximum atomic E-state index is 12.5. The first-order valence-corrected chi connectivity index (χ1v) is 7.85. The number of amides is 1. The van der Waals surface area contributed by atoms with E-state index < -0.39 is 0 Å². The van der Waals surface area contributed by atoms with Crippen LogP contribution in [0.2, 0.25) is 0 Å². The largest absolute Gasteiger partial charge is 0.342 e. The van der Waals surface area contributed by atoms with Crippen molar-refractivity contribution in [2.75, 3.05) is 26.7 Å². The predicted molar refractivity (Wildman–Crippen MR) is 85.7 cm³/mol. The molecule has 0 aliphatic carbocycles. The van der Waals surface area contributed by atoms with Gasteiger partial charge in [0.1, 0.15) is 0 Å². The van der Waals surface area contributed by atoms with E-state index in [1.165, 1.54) is 5.56 Å². The van der Waals surface area contributed by atoms with Crippen molar-refractivity contribution in [3.63, 3.8) is 0 Å². The molecule has 0 radical (unpaired) electrons.